The highest BCUT2D eigenvalue weighted by Gasteiger charge is 2.57. The normalized spacial score (nSPS) is 17.5. The van der Waals surface area contributed by atoms with Gasteiger partial charge in [-0.2, -0.15) is 5.01 Å². The molecule has 1 aliphatic rings. The van der Waals surface area contributed by atoms with Gasteiger partial charge in [0.1, 0.15) is 11.2 Å². The molecule has 34 heavy (non-hydrogen) atoms. The summed E-state index contributed by atoms with van der Waals surface area (Å²) in [6.07, 6.45) is -1.79. The summed E-state index contributed by atoms with van der Waals surface area (Å²) in [5.74, 6) is -0.496. The van der Waals surface area contributed by atoms with Crippen molar-refractivity contribution in [3.63, 3.8) is 0 Å². The molecule has 0 aromatic heterocycles. The van der Waals surface area contributed by atoms with E-state index in [0.717, 1.165) is 16.1 Å². The zero-order valence-corrected chi connectivity index (χ0v) is 21.0. The molecule has 0 fully saturated rings. The van der Waals surface area contributed by atoms with E-state index in [4.69, 9.17) is 9.47 Å². The maximum Gasteiger partial charge on any atom is 0.431 e. The van der Waals surface area contributed by atoms with Crippen LogP contribution in [0.3, 0.4) is 0 Å². The minimum Gasteiger partial charge on any atom is -0.443 e. The Balaban J connectivity index is 2.30. The molecule has 0 spiro atoms. The van der Waals surface area contributed by atoms with Crippen molar-refractivity contribution in [2.45, 2.75) is 72.1 Å². The summed E-state index contributed by atoms with van der Waals surface area (Å²) in [4.78, 5) is 40.4. The molecule has 0 saturated heterocycles. The van der Waals surface area contributed by atoms with E-state index >= 15 is 0 Å². The molecule has 0 bridgehead atoms. The van der Waals surface area contributed by atoms with Crippen LogP contribution in [0, 0.1) is 13.8 Å². The first kappa shape index (κ1) is 25.1. The minimum atomic E-state index is -1.73. The number of rotatable bonds is 2. The van der Waals surface area contributed by atoms with Crippen LogP contribution in [0.2, 0.25) is 0 Å². The summed E-state index contributed by atoms with van der Waals surface area (Å²) in [5, 5.41) is 3.87. The number of hydrogen-bond acceptors (Lipinski definition) is 5. The molecule has 8 heteroatoms. The monoisotopic (exact) mass is 467 g/mol. The van der Waals surface area contributed by atoms with Crippen molar-refractivity contribution in [3.05, 3.63) is 64.7 Å². The van der Waals surface area contributed by atoms with E-state index in [0.29, 0.717) is 16.8 Å². The number of hydrogen-bond donors (Lipinski definition) is 2. The van der Waals surface area contributed by atoms with Gasteiger partial charge in [0.25, 0.3) is 5.91 Å². The van der Waals surface area contributed by atoms with E-state index in [-0.39, 0.29) is 0 Å². The molecule has 182 valence electrons. The molecule has 2 aromatic rings. The minimum absolute atomic E-state index is 0.484. The van der Waals surface area contributed by atoms with E-state index < -0.39 is 34.8 Å². The molecule has 2 aromatic carbocycles. The highest BCUT2D eigenvalue weighted by Crippen LogP contribution is 2.47. The van der Waals surface area contributed by atoms with E-state index in [1.54, 1.807) is 65.8 Å². The maximum atomic E-state index is 13.8. The molecule has 2 N–H and O–H groups in total. The molecule has 1 heterocycles. The van der Waals surface area contributed by atoms with Crippen molar-refractivity contribution in [2.24, 2.45) is 0 Å². The predicted molar refractivity (Wildman–Crippen MR) is 129 cm³/mol. The fourth-order valence-corrected chi connectivity index (χ4v) is 4.03. The Morgan fingerprint density at radius 3 is 2.09 bits per heavy atom. The molecule has 0 aliphatic carbocycles. The Bertz CT molecular complexity index is 1120. The van der Waals surface area contributed by atoms with Crippen molar-refractivity contribution >= 4 is 23.8 Å². The number of benzene rings is 2. The Hall–Kier alpha value is -3.55. The number of hydrazine groups is 1. The summed E-state index contributed by atoms with van der Waals surface area (Å²) < 4.78 is 11.1. The smallest absolute Gasteiger partial charge is 0.431 e. The van der Waals surface area contributed by atoms with E-state index in [1.165, 1.54) is 0 Å². The molecular weight excluding hydrogens is 434 g/mol. The lowest BCUT2D eigenvalue weighted by Crippen LogP contribution is -2.62. The average Bonchev–Trinajstić information content (AvgIpc) is 2.97. The van der Waals surface area contributed by atoms with Crippen LogP contribution in [0.4, 0.5) is 15.3 Å². The predicted octanol–water partition coefficient (Wildman–Crippen LogP) is 5.18. The van der Waals surface area contributed by atoms with Crippen LogP contribution in [-0.2, 0) is 19.8 Å². The summed E-state index contributed by atoms with van der Waals surface area (Å²) in [5.41, 5.74) is 2.41. The summed E-state index contributed by atoms with van der Waals surface area (Å²) in [6, 6.07) is 12.6. The Kier molecular flexibility index (Phi) is 6.39. The van der Waals surface area contributed by atoms with Crippen molar-refractivity contribution in [3.8, 4) is 0 Å². The van der Waals surface area contributed by atoms with Gasteiger partial charge in [-0.25, -0.2) is 15.0 Å². The second-order valence-electron chi connectivity index (χ2n) is 10.5. The molecular formula is C26H33N3O5. The third-order valence-electron chi connectivity index (χ3n) is 5.14. The number of nitrogens with one attached hydrogen (secondary N) is 2. The van der Waals surface area contributed by atoms with Crippen molar-refractivity contribution < 1.29 is 23.9 Å². The first-order valence-electron chi connectivity index (χ1n) is 11.2. The number of fused-ring (bicyclic) bond motifs is 1. The summed E-state index contributed by atoms with van der Waals surface area (Å²) in [6.45, 7) is 14.1. The standard InChI is InChI=1S/C26H33N3O5/c1-16-14-17(2)20-19(15-16)26(21(30)27-20,18-12-10-9-11-13-18)29(23(32)34-25(6,7)8)28-22(31)33-24(3,4)5/h9-15H,1-8H3,(H,27,30)(H,28,31)/t26-/m1/s1. The summed E-state index contributed by atoms with van der Waals surface area (Å²) >= 11 is 0. The molecule has 0 saturated carbocycles. The first-order chi connectivity index (χ1) is 15.6. The number of aryl methyl sites for hydroxylation is 2. The molecule has 3 rings (SSSR count). The number of amides is 3. The van der Waals surface area contributed by atoms with Crippen molar-refractivity contribution in [1.82, 2.24) is 10.4 Å². The third kappa shape index (κ3) is 4.85. The fourth-order valence-electron chi connectivity index (χ4n) is 4.03. The molecule has 1 aliphatic heterocycles. The van der Waals surface area contributed by atoms with Crippen LogP contribution in [0.25, 0.3) is 0 Å². The number of nitrogens with zero attached hydrogens (tertiary/aromatic N) is 1. The second kappa shape index (κ2) is 8.66. The second-order valence-corrected chi connectivity index (χ2v) is 10.5. The SMILES string of the molecule is Cc1cc(C)c2c(c1)[C@@](c1ccccc1)(N(NC(=O)OC(C)(C)C)C(=O)OC(C)(C)C)C(=O)N2. The average molecular weight is 468 g/mol. The van der Waals surface area contributed by atoms with Crippen molar-refractivity contribution in [2.75, 3.05) is 5.32 Å². The number of carbonyl (C=O) groups is 3. The highest BCUT2D eigenvalue weighted by atomic mass is 16.6. The number of ether oxygens (including phenoxy) is 2. The number of carbonyl (C=O) groups excluding carboxylic acids is 3. The highest BCUT2D eigenvalue weighted by molar-refractivity contribution is 6.10. The molecule has 0 radical (unpaired) electrons. The Labute approximate surface area is 200 Å². The van der Waals surface area contributed by atoms with Gasteiger partial charge in [0.15, 0.2) is 5.54 Å². The molecule has 0 unspecified atom stereocenters. The lowest BCUT2D eigenvalue weighted by molar-refractivity contribution is -0.127. The zero-order chi connectivity index (χ0) is 25.5. The van der Waals surface area contributed by atoms with E-state index in [2.05, 4.69) is 10.7 Å². The Morgan fingerprint density at radius 1 is 0.941 bits per heavy atom. The van der Waals surface area contributed by atoms with Crippen molar-refractivity contribution in [1.29, 1.82) is 0 Å². The van der Waals surface area contributed by atoms with Gasteiger partial charge in [-0.3, -0.25) is 4.79 Å². The van der Waals surface area contributed by atoms with Crippen LogP contribution < -0.4 is 10.7 Å². The van der Waals surface area contributed by atoms with E-state index in [9.17, 15) is 14.4 Å². The van der Waals surface area contributed by atoms with Gasteiger partial charge < -0.3 is 14.8 Å². The quantitative estimate of drug-likeness (QED) is 0.594. The molecule has 1 atom stereocenters. The van der Waals surface area contributed by atoms with Gasteiger partial charge in [-0.15, -0.1) is 0 Å². The first-order valence-corrected chi connectivity index (χ1v) is 11.2. The maximum absolute atomic E-state index is 13.8. The fraction of sp³-hybridized carbons (Fsp3) is 0.423. The van der Waals surface area contributed by atoms with Gasteiger partial charge >= 0.3 is 12.2 Å². The molecule has 8 nitrogen and oxygen atoms in total. The lowest BCUT2D eigenvalue weighted by Gasteiger charge is -2.40. The topological polar surface area (TPSA) is 97.0 Å². The van der Waals surface area contributed by atoms with Crippen LogP contribution in [0.15, 0.2) is 42.5 Å². The Morgan fingerprint density at radius 2 is 1.53 bits per heavy atom. The van der Waals surface area contributed by atoms with Gasteiger partial charge in [-0.1, -0.05) is 48.0 Å². The van der Waals surface area contributed by atoms with Crippen LogP contribution >= 0.6 is 0 Å². The number of anilines is 1. The van der Waals surface area contributed by atoms with Gasteiger partial charge in [-0.05, 0) is 66.5 Å². The van der Waals surface area contributed by atoms with Crippen LogP contribution in [0.5, 0.6) is 0 Å². The van der Waals surface area contributed by atoms with Crippen LogP contribution in [0.1, 0.15) is 63.8 Å². The lowest BCUT2D eigenvalue weighted by atomic mass is 9.82. The van der Waals surface area contributed by atoms with Gasteiger partial charge in [0, 0.05) is 5.56 Å². The van der Waals surface area contributed by atoms with Gasteiger partial charge in [0.2, 0.25) is 0 Å². The van der Waals surface area contributed by atoms with Gasteiger partial charge in [0.05, 0.1) is 5.69 Å². The largest absolute Gasteiger partial charge is 0.443 e. The van der Waals surface area contributed by atoms with Crippen LogP contribution in [-0.4, -0.2) is 34.3 Å². The third-order valence-corrected chi connectivity index (χ3v) is 5.14. The molecule has 3 amide bonds. The van der Waals surface area contributed by atoms with E-state index in [1.807, 2.05) is 32.0 Å². The summed E-state index contributed by atoms with van der Waals surface area (Å²) in [7, 11) is 0. The zero-order valence-electron chi connectivity index (χ0n) is 21.0.